The van der Waals surface area contributed by atoms with Gasteiger partial charge in [0.2, 0.25) is 5.91 Å². The van der Waals surface area contributed by atoms with E-state index in [1.54, 1.807) is 29.8 Å². The van der Waals surface area contributed by atoms with Crippen molar-refractivity contribution in [2.45, 2.75) is 19.4 Å². The van der Waals surface area contributed by atoms with Gasteiger partial charge in [0.25, 0.3) is 0 Å². The van der Waals surface area contributed by atoms with Gasteiger partial charge in [0.1, 0.15) is 6.04 Å². The number of aryl methyl sites for hydroxylation is 2. The molecule has 0 radical (unpaired) electrons. The number of benzodiazepines with no additional fused rings is 1. The predicted octanol–water partition coefficient (Wildman–Crippen LogP) is 4.88. The van der Waals surface area contributed by atoms with Crippen LogP contribution in [0.2, 0.25) is 10.0 Å². The number of aromatic amines is 1. The lowest BCUT2D eigenvalue weighted by Gasteiger charge is -2.13. The van der Waals surface area contributed by atoms with Gasteiger partial charge < -0.3 is 10.3 Å². The standard InChI is InChI=1S/C25H20Cl2N4O2/c1-13-3-4-14(18(27)9-13)10-21-24(32)29-19-8-6-16(26)12-17(19)23(28-21)15-5-7-20-22(11-15)31(2)25(33)30-20/h3-9,11-12,21H,10H2,1-2H3,(H,29,32)(H,30,33). The molecule has 0 saturated heterocycles. The van der Waals surface area contributed by atoms with Gasteiger partial charge in [-0.05, 0) is 54.4 Å². The van der Waals surface area contributed by atoms with Crippen molar-refractivity contribution in [2.24, 2.45) is 12.0 Å². The van der Waals surface area contributed by atoms with Crippen molar-refractivity contribution in [2.75, 3.05) is 5.32 Å². The topological polar surface area (TPSA) is 79.2 Å². The number of aliphatic imine (C=N–C) groups is 1. The van der Waals surface area contributed by atoms with Gasteiger partial charge in [-0.2, -0.15) is 0 Å². The van der Waals surface area contributed by atoms with E-state index in [-0.39, 0.29) is 11.6 Å². The van der Waals surface area contributed by atoms with Crippen molar-refractivity contribution >= 4 is 51.5 Å². The number of anilines is 1. The fraction of sp³-hybridized carbons (Fsp3) is 0.160. The molecule has 1 aliphatic rings. The van der Waals surface area contributed by atoms with Gasteiger partial charge in [-0.3, -0.25) is 14.4 Å². The summed E-state index contributed by atoms with van der Waals surface area (Å²) >= 11 is 12.8. The van der Waals surface area contributed by atoms with Crippen LogP contribution in [-0.4, -0.2) is 27.2 Å². The number of fused-ring (bicyclic) bond motifs is 2. The number of aromatic nitrogens is 2. The van der Waals surface area contributed by atoms with Crippen LogP contribution < -0.4 is 11.0 Å². The molecule has 2 N–H and O–H groups in total. The van der Waals surface area contributed by atoms with Gasteiger partial charge in [-0.25, -0.2) is 4.79 Å². The average Bonchev–Trinajstić information content (AvgIpc) is 2.98. The number of imidazole rings is 1. The van der Waals surface area contributed by atoms with Crippen LogP contribution in [0.15, 0.2) is 64.4 Å². The van der Waals surface area contributed by atoms with E-state index in [1.807, 2.05) is 43.3 Å². The second kappa shape index (κ2) is 8.21. The molecule has 4 aromatic rings. The Balaban J connectivity index is 1.68. The molecule has 0 saturated carbocycles. The first-order chi connectivity index (χ1) is 15.8. The van der Waals surface area contributed by atoms with Gasteiger partial charge in [0.15, 0.2) is 0 Å². The molecular formula is C25H20Cl2N4O2. The normalized spacial score (nSPS) is 15.7. The molecule has 0 bridgehead atoms. The second-order valence-electron chi connectivity index (χ2n) is 8.19. The Morgan fingerprint density at radius 1 is 1.03 bits per heavy atom. The van der Waals surface area contributed by atoms with E-state index in [4.69, 9.17) is 28.2 Å². The van der Waals surface area contributed by atoms with E-state index < -0.39 is 6.04 Å². The molecule has 1 aliphatic heterocycles. The molecule has 0 aliphatic carbocycles. The van der Waals surface area contributed by atoms with Crippen LogP contribution in [0.5, 0.6) is 0 Å². The Hall–Kier alpha value is -3.35. The highest BCUT2D eigenvalue weighted by Crippen LogP contribution is 2.30. The third-order valence-electron chi connectivity index (χ3n) is 5.88. The van der Waals surface area contributed by atoms with Gasteiger partial charge in [-0.15, -0.1) is 0 Å². The van der Waals surface area contributed by atoms with Gasteiger partial charge in [0, 0.05) is 34.6 Å². The van der Waals surface area contributed by atoms with Gasteiger partial charge in [-0.1, -0.05) is 41.4 Å². The van der Waals surface area contributed by atoms with Crippen LogP contribution in [0.4, 0.5) is 5.69 Å². The fourth-order valence-electron chi connectivity index (χ4n) is 4.09. The van der Waals surface area contributed by atoms with Gasteiger partial charge >= 0.3 is 5.69 Å². The number of nitrogens with zero attached hydrogens (tertiary/aromatic N) is 2. The quantitative estimate of drug-likeness (QED) is 0.439. The highest BCUT2D eigenvalue weighted by Gasteiger charge is 2.27. The summed E-state index contributed by atoms with van der Waals surface area (Å²) in [4.78, 5) is 32.9. The highest BCUT2D eigenvalue weighted by atomic mass is 35.5. The largest absolute Gasteiger partial charge is 0.326 e. The molecule has 1 atom stereocenters. The summed E-state index contributed by atoms with van der Waals surface area (Å²) in [6.07, 6.45) is 0.348. The molecule has 8 heteroatoms. The maximum atomic E-state index is 13.1. The van der Waals surface area contributed by atoms with Crippen LogP contribution >= 0.6 is 23.2 Å². The lowest BCUT2D eigenvalue weighted by atomic mass is 9.99. The van der Waals surface area contributed by atoms with Crippen molar-refractivity contribution in [3.63, 3.8) is 0 Å². The summed E-state index contributed by atoms with van der Waals surface area (Å²) in [6, 6.07) is 16.0. The first-order valence-corrected chi connectivity index (χ1v) is 11.2. The first-order valence-electron chi connectivity index (χ1n) is 10.4. The summed E-state index contributed by atoms with van der Waals surface area (Å²) in [7, 11) is 1.71. The van der Waals surface area contributed by atoms with E-state index in [1.165, 1.54) is 0 Å². The maximum Gasteiger partial charge on any atom is 0.326 e. The molecule has 3 aromatic carbocycles. The first kappa shape index (κ1) is 21.5. The molecule has 1 amide bonds. The molecular weight excluding hydrogens is 459 g/mol. The minimum atomic E-state index is -0.697. The summed E-state index contributed by atoms with van der Waals surface area (Å²) in [5.41, 5.74) is 5.90. The summed E-state index contributed by atoms with van der Waals surface area (Å²) in [6.45, 7) is 1.97. The molecule has 5 rings (SSSR count). The van der Waals surface area contributed by atoms with Crippen molar-refractivity contribution in [3.8, 4) is 0 Å². The lowest BCUT2D eigenvalue weighted by molar-refractivity contribution is -0.117. The zero-order chi connectivity index (χ0) is 23.3. The Labute approximate surface area is 199 Å². The molecule has 0 spiro atoms. The van der Waals surface area contributed by atoms with E-state index >= 15 is 0 Å². The van der Waals surface area contributed by atoms with Crippen molar-refractivity contribution in [3.05, 3.63) is 97.4 Å². The number of hydrogen-bond donors (Lipinski definition) is 2. The summed E-state index contributed by atoms with van der Waals surface area (Å²) < 4.78 is 1.54. The third kappa shape index (κ3) is 3.96. The minimum Gasteiger partial charge on any atom is -0.324 e. The molecule has 1 aromatic heterocycles. The number of carbonyl (C=O) groups is 1. The fourth-order valence-corrected chi connectivity index (χ4v) is 4.57. The van der Waals surface area contributed by atoms with Crippen molar-refractivity contribution < 1.29 is 4.79 Å². The Bertz CT molecular complexity index is 1520. The number of hydrogen-bond acceptors (Lipinski definition) is 3. The Kier molecular flexibility index (Phi) is 5.35. The maximum absolute atomic E-state index is 13.1. The van der Waals surface area contributed by atoms with Crippen molar-refractivity contribution in [1.82, 2.24) is 9.55 Å². The number of carbonyl (C=O) groups excluding carboxylic acids is 1. The minimum absolute atomic E-state index is 0.197. The molecule has 1 unspecified atom stereocenters. The second-order valence-corrected chi connectivity index (χ2v) is 9.04. The summed E-state index contributed by atoms with van der Waals surface area (Å²) in [5, 5.41) is 4.12. The monoisotopic (exact) mass is 478 g/mol. The number of H-pyrrole nitrogens is 1. The molecule has 2 heterocycles. The van der Waals surface area contributed by atoms with E-state index in [0.29, 0.717) is 33.4 Å². The number of amides is 1. The smallest absolute Gasteiger partial charge is 0.324 e. The zero-order valence-corrected chi connectivity index (χ0v) is 19.5. The number of nitrogens with one attached hydrogen (secondary N) is 2. The van der Waals surface area contributed by atoms with Crippen LogP contribution in [0.25, 0.3) is 11.0 Å². The van der Waals surface area contributed by atoms with E-state index in [9.17, 15) is 9.59 Å². The lowest BCUT2D eigenvalue weighted by Crippen LogP contribution is -2.27. The van der Waals surface area contributed by atoms with E-state index in [0.717, 1.165) is 27.7 Å². The molecule has 33 heavy (non-hydrogen) atoms. The SMILES string of the molecule is Cc1ccc(CC2N=C(c3ccc4[nH]c(=O)n(C)c4c3)c3cc(Cl)ccc3NC2=O)c(Cl)c1. The zero-order valence-electron chi connectivity index (χ0n) is 17.9. The van der Waals surface area contributed by atoms with E-state index in [2.05, 4.69) is 10.3 Å². The number of rotatable bonds is 3. The predicted molar refractivity (Wildman–Crippen MR) is 133 cm³/mol. The summed E-state index contributed by atoms with van der Waals surface area (Å²) in [5.74, 6) is -0.222. The molecule has 0 fully saturated rings. The van der Waals surface area contributed by atoms with Crippen LogP contribution in [-0.2, 0) is 18.3 Å². The highest BCUT2D eigenvalue weighted by molar-refractivity contribution is 6.32. The Morgan fingerprint density at radius 3 is 2.64 bits per heavy atom. The average molecular weight is 479 g/mol. The number of benzene rings is 3. The van der Waals surface area contributed by atoms with Crippen molar-refractivity contribution in [1.29, 1.82) is 0 Å². The number of halogens is 2. The van der Waals surface area contributed by atoms with Crippen LogP contribution in [0.3, 0.4) is 0 Å². The Morgan fingerprint density at radius 2 is 1.85 bits per heavy atom. The van der Waals surface area contributed by atoms with Crippen LogP contribution in [0, 0.1) is 6.92 Å². The van der Waals surface area contributed by atoms with Crippen LogP contribution in [0.1, 0.15) is 22.3 Å². The molecule has 6 nitrogen and oxygen atoms in total. The van der Waals surface area contributed by atoms with Gasteiger partial charge in [0.05, 0.1) is 22.4 Å². The molecule has 166 valence electrons. The third-order valence-corrected chi connectivity index (χ3v) is 6.47.